The topological polar surface area (TPSA) is 69.6 Å². The molecule has 6 nitrogen and oxygen atoms in total. The molecule has 33 heavy (non-hydrogen) atoms. The van der Waals surface area contributed by atoms with Gasteiger partial charge in [0.2, 0.25) is 4.96 Å². The van der Waals surface area contributed by atoms with Gasteiger partial charge in [0.1, 0.15) is 21.8 Å². The van der Waals surface area contributed by atoms with Crippen molar-refractivity contribution in [2.45, 2.75) is 13.3 Å². The van der Waals surface area contributed by atoms with Crippen LogP contribution in [0.25, 0.3) is 33.7 Å². The first kappa shape index (κ1) is 21.7. The maximum Gasteiger partial charge on any atom is 0.291 e. The normalized spacial score (nSPS) is 12.0. The Labute approximate surface area is 202 Å². The molecule has 0 saturated carbocycles. The van der Waals surface area contributed by atoms with Crippen LogP contribution in [0.15, 0.2) is 63.8 Å². The second kappa shape index (κ2) is 9.02. The van der Waals surface area contributed by atoms with Gasteiger partial charge in [0, 0.05) is 17.2 Å². The standard InChI is InChI=1S/C24H17Cl2N3O3S/c1-2-11-31-16-6-3-14(4-7-16)22-27-24-29(28-22)23(30)21(33-24)13-17-8-10-20(32-17)15-5-9-18(25)19(26)12-15/h3-10,12-13H,2,11H2,1H3. The van der Waals surface area contributed by atoms with E-state index in [4.69, 9.17) is 32.4 Å². The summed E-state index contributed by atoms with van der Waals surface area (Å²) in [5.41, 5.74) is 1.37. The van der Waals surface area contributed by atoms with Crippen LogP contribution in [0.5, 0.6) is 5.75 Å². The Morgan fingerprint density at radius 2 is 1.85 bits per heavy atom. The van der Waals surface area contributed by atoms with Gasteiger partial charge < -0.3 is 9.15 Å². The number of ether oxygens (including phenoxy) is 1. The van der Waals surface area contributed by atoms with Crippen molar-refractivity contribution in [1.29, 1.82) is 0 Å². The number of rotatable bonds is 6. The van der Waals surface area contributed by atoms with E-state index in [0.29, 0.717) is 43.5 Å². The van der Waals surface area contributed by atoms with E-state index < -0.39 is 0 Å². The Morgan fingerprint density at radius 3 is 2.58 bits per heavy atom. The maximum atomic E-state index is 12.9. The van der Waals surface area contributed by atoms with Gasteiger partial charge in [0.25, 0.3) is 5.56 Å². The average Bonchev–Trinajstić information content (AvgIpc) is 3.52. The minimum atomic E-state index is -0.246. The molecule has 3 aromatic heterocycles. The number of thiazole rings is 1. The van der Waals surface area contributed by atoms with Crippen molar-refractivity contribution in [3.05, 3.63) is 85.3 Å². The largest absolute Gasteiger partial charge is 0.494 e. The third kappa shape index (κ3) is 4.39. The van der Waals surface area contributed by atoms with E-state index in [1.165, 1.54) is 15.9 Å². The van der Waals surface area contributed by atoms with Crippen molar-refractivity contribution in [3.8, 4) is 28.5 Å². The van der Waals surface area contributed by atoms with Crippen LogP contribution in [0.1, 0.15) is 19.1 Å². The van der Waals surface area contributed by atoms with Crippen molar-refractivity contribution in [1.82, 2.24) is 14.6 Å². The zero-order chi connectivity index (χ0) is 22.9. The fraction of sp³-hybridized carbons (Fsp3) is 0.125. The predicted molar refractivity (Wildman–Crippen MR) is 131 cm³/mol. The van der Waals surface area contributed by atoms with Gasteiger partial charge >= 0.3 is 0 Å². The molecule has 0 bridgehead atoms. The summed E-state index contributed by atoms with van der Waals surface area (Å²) in [6.45, 7) is 2.73. The molecule has 0 N–H and O–H groups in total. The van der Waals surface area contributed by atoms with Gasteiger partial charge in [-0.15, -0.1) is 5.10 Å². The first-order chi connectivity index (χ1) is 16.0. The zero-order valence-corrected chi connectivity index (χ0v) is 19.7. The minimum Gasteiger partial charge on any atom is -0.494 e. The van der Waals surface area contributed by atoms with Gasteiger partial charge in [0.15, 0.2) is 5.82 Å². The third-order valence-electron chi connectivity index (χ3n) is 4.87. The number of benzene rings is 2. The Morgan fingerprint density at radius 1 is 1.06 bits per heavy atom. The van der Waals surface area contributed by atoms with Crippen LogP contribution in [0.2, 0.25) is 10.0 Å². The van der Waals surface area contributed by atoms with Crippen LogP contribution in [0, 0.1) is 0 Å². The molecule has 166 valence electrons. The van der Waals surface area contributed by atoms with E-state index >= 15 is 0 Å². The van der Waals surface area contributed by atoms with Gasteiger partial charge in [-0.05, 0) is 61.0 Å². The molecule has 0 amide bonds. The highest BCUT2D eigenvalue weighted by atomic mass is 35.5. The van der Waals surface area contributed by atoms with Crippen molar-refractivity contribution in [3.63, 3.8) is 0 Å². The Balaban J connectivity index is 1.43. The van der Waals surface area contributed by atoms with Gasteiger partial charge in [-0.3, -0.25) is 4.79 Å². The quantitative estimate of drug-likeness (QED) is 0.300. The summed E-state index contributed by atoms with van der Waals surface area (Å²) in [5.74, 6) is 2.45. The highest BCUT2D eigenvalue weighted by molar-refractivity contribution is 7.15. The fourth-order valence-corrected chi connectivity index (χ4v) is 4.43. The van der Waals surface area contributed by atoms with Crippen molar-refractivity contribution in [2.24, 2.45) is 0 Å². The van der Waals surface area contributed by atoms with E-state index in [1.54, 1.807) is 24.3 Å². The Bertz CT molecular complexity index is 1550. The second-order valence-electron chi connectivity index (χ2n) is 7.25. The summed E-state index contributed by atoms with van der Waals surface area (Å²) in [6, 6.07) is 16.4. The lowest BCUT2D eigenvalue weighted by molar-refractivity contribution is 0.317. The smallest absolute Gasteiger partial charge is 0.291 e. The predicted octanol–water partition coefficient (Wildman–Crippen LogP) is 5.72. The molecular weight excluding hydrogens is 481 g/mol. The van der Waals surface area contributed by atoms with Gasteiger partial charge in [-0.1, -0.05) is 41.5 Å². The number of aromatic nitrogens is 3. The van der Waals surface area contributed by atoms with E-state index in [2.05, 4.69) is 17.0 Å². The lowest BCUT2D eigenvalue weighted by atomic mass is 10.2. The lowest BCUT2D eigenvalue weighted by Crippen LogP contribution is -2.23. The van der Waals surface area contributed by atoms with Crippen LogP contribution < -0.4 is 14.8 Å². The average molecular weight is 498 g/mol. The summed E-state index contributed by atoms with van der Waals surface area (Å²) in [7, 11) is 0. The zero-order valence-electron chi connectivity index (χ0n) is 17.4. The molecule has 0 saturated heterocycles. The molecule has 0 aliphatic heterocycles. The van der Waals surface area contributed by atoms with E-state index in [1.807, 2.05) is 36.4 Å². The van der Waals surface area contributed by atoms with E-state index in [-0.39, 0.29) is 5.56 Å². The van der Waals surface area contributed by atoms with Crippen LogP contribution >= 0.6 is 34.5 Å². The third-order valence-corrected chi connectivity index (χ3v) is 6.57. The van der Waals surface area contributed by atoms with Crippen LogP contribution in [-0.2, 0) is 0 Å². The molecular formula is C24H17Cl2N3O3S. The van der Waals surface area contributed by atoms with Gasteiger partial charge in [0.05, 0.1) is 16.7 Å². The number of halogens is 2. The number of nitrogens with zero attached hydrogens (tertiary/aromatic N) is 3. The molecule has 0 aliphatic carbocycles. The number of hydrogen-bond donors (Lipinski definition) is 0. The molecule has 3 heterocycles. The molecule has 0 fully saturated rings. The molecule has 2 aromatic carbocycles. The monoisotopic (exact) mass is 497 g/mol. The number of hydrogen-bond acceptors (Lipinski definition) is 6. The second-order valence-corrected chi connectivity index (χ2v) is 9.07. The molecule has 0 radical (unpaired) electrons. The maximum absolute atomic E-state index is 12.9. The van der Waals surface area contributed by atoms with E-state index in [9.17, 15) is 4.79 Å². The van der Waals surface area contributed by atoms with Gasteiger partial charge in [-0.25, -0.2) is 0 Å². The summed E-state index contributed by atoms with van der Waals surface area (Å²) in [5, 5.41) is 5.32. The molecule has 5 aromatic rings. The highest BCUT2D eigenvalue weighted by Gasteiger charge is 2.13. The molecule has 9 heteroatoms. The summed E-state index contributed by atoms with van der Waals surface area (Å²) >= 11 is 13.3. The minimum absolute atomic E-state index is 0.246. The molecule has 5 rings (SSSR count). The SMILES string of the molecule is CCCOc1ccc(-c2nc3sc(=Cc4ccc(-c5ccc(Cl)c(Cl)c5)o4)c(=O)n3n2)cc1. The Kier molecular flexibility index (Phi) is 5.93. The van der Waals surface area contributed by atoms with Crippen LogP contribution in [-0.4, -0.2) is 21.2 Å². The Hall–Kier alpha value is -3.13. The fourth-order valence-electron chi connectivity index (χ4n) is 3.24. The summed E-state index contributed by atoms with van der Waals surface area (Å²) in [6.07, 6.45) is 2.63. The summed E-state index contributed by atoms with van der Waals surface area (Å²) in [4.78, 5) is 17.9. The molecule has 0 atom stereocenters. The summed E-state index contributed by atoms with van der Waals surface area (Å²) < 4.78 is 13.3. The van der Waals surface area contributed by atoms with Crippen molar-refractivity contribution < 1.29 is 9.15 Å². The van der Waals surface area contributed by atoms with Crippen LogP contribution in [0.3, 0.4) is 0 Å². The van der Waals surface area contributed by atoms with Crippen LogP contribution in [0.4, 0.5) is 0 Å². The highest BCUT2D eigenvalue weighted by Crippen LogP contribution is 2.29. The first-order valence-electron chi connectivity index (χ1n) is 10.2. The lowest BCUT2D eigenvalue weighted by Gasteiger charge is -2.04. The van der Waals surface area contributed by atoms with Crippen molar-refractivity contribution in [2.75, 3.05) is 6.61 Å². The first-order valence-corrected chi connectivity index (χ1v) is 11.8. The number of fused-ring (bicyclic) bond motifs is 1. The molecule has 0 unspecified atom stereocenters. The van der Waals surface area contributed by atoms with E-state index in [0.717, 1.165) is 23.3 Å². The molecule has 0 spiro atoms. The van der Waals surface area contributed by atoms with Gasteiger partial charge in [-0.2, -0.15) is 9.50 Å². The number of furan rings is 1. The van der Waals surface area contributed by atoms with Crippen molar-refractivity contribution >= 4 is 45.6 Å². The molecule has 0 aliphatic rings.